The second kappa shape index (κ2) is 7.19. The number of amides is 1. The van der Waals surface area contributed by atoms with Crippen LogP contribution in [0.1, 0.15) is 12.8 Å². The lowest BCUT2D eigenvalue weighted by molar-refractivity contribution is -0.138. The fourth-order valence-corrected chi connectivity index (χ4v) is 1.11. The van der Waals surface area contributed by atoms with E-state index in [0.717, 1.165) is 0 Å². The number of hydrogen-bond donors (Lipinski definition) is 2. The lowest BCUT2D eigenvalue weighted by atomic mass is 10.2. The van der Waals surface area contributed by atoms with Crippen LogP contribution in [0.5, 0.6) is 0 Å². The van der Waals surface area contributed by atoms with Crippen molar-refractivity contribution in [2.45, 2.75) is 18.9 Å². The highest BCUT2D eigenvalue weighted by atomic mass is 16.5. The summed E-state index contributed by atoms with van der Waals surface area (Å²) in [5.41, 5.74) is 5.53. The van der Waals surface area contributed by atoms with Crippen LogP contribution in [0.3, 0.4) is 0 Å². The maximum absolute atomic E-state index is 11.5. The first-order valence-corrected chi connectivity index (χ1v) is 4.70. The molecule has 0 aromatic carbocycles. The molecule has 6 nitrogen and oxygen atoms in total. The molecule has 15 heavy (non-hydrogen) atoms. The molecule has 0 rings (SSSR count). The molecule has 0 aliphatic carbocycles. The van der Waals surface area contributed by atoms with Crippen LogP contribution in [0.4, 0.5) is 0 Å². The second-order valence-electron chi connectivity index (χ2n) is 3.32. The molecule has 0 heterocycles. The van der Waals surface area contributed by atoms with E-state index in [1.54, 1.807) is 7.05 Å². The van der Waals surface area contributed by atoms with E-state index in [0.29, 0.717) is 13.0 Å². The topological polar surface area (TPSA) is 92.9 Å². The quantitative estimate of drug-likeness (QED) is 0.588. The molecule has 0 radical (unpaired) electrons. The maximum Gasteiger partial charge on any atom is 0.303 e. The Morgan fingerprint density at radius 3 is 2.60 bits per heavy atom. The van der Waals surface area contributed by atoms with Gasteiger partial charge < -0.3 is 20.5 Å². The Balaban J connectivity index is 3.82. The van der Waals surface area contributed by atoms with E-state index in [-0.39, 0.29) is 18.9 Å². The van der Waals surface area contributed by atoms with Crippen molar-refractivity contribution in [2.24, 2.45) is 5.73 Å². The van der Waals surface area contributed by atoms with E-state index in [2.05, 4.69) is 0 Å². The summed E-state index contributed by atoms with van der Waals surface area (Å²) in [4.78, 5) is 23.1. The molecule has 0 fully saturated rings. The van der Waals surface area contributed by atoms with Crippen LogP contribution < -0.4 is 5.73 Å². The first kappa shape index (κ1) is 13.9. The lowest BCUT2D eigenvalue weighted by Crippen LogP contribution is -2.44. The van der Waals surface area contributed by atoms with Crippen LogP contribution in [0.15, 0.2) is 0 Å². The number of nitrogens with zero attached hydrogens (tertiary/aromatic N) is 1. The van der Waals surface area contributed by atoms with Gasteiger partial charge in [0.2, 0.25) is 5.91 Å². The molecule has 6 heteroatoms. The van der Waals surface area contributed by atoms with Gasteiger partial charge in [-0.15, -0.1) is 0 Å². The summed E-state index contributed by atoms with van der Waals surface area (Å²) in [6, 6.07) is -0.676. The van der Waals surface area contributed by atoms with Crippen molar-refractivity contribution in [1.29, 1.82) is 0 Å². The van der Waals surface area contributed by atoms with E-state index in [1.165, 1.54) is 12.0 Å². The number of hydrogen-bond acceptors (Lipinski definition) is 4. The number of carbonyl (C=O) groups excluding carboxylic acids is 1. The number of aliphatic carboxylic acids is 1. The Morgan fingerprint density at radius 2 is 2.13 bits per heavy atom. The van der Waals surface area contributed by atoms with Crippen molar-refractivity contribution in [3.63, 3.8) is 0 Å². The van der Waals surface area contributed by atoms with Crippen LogP contribution in [0.25, 0.3) is 0 Å². The average molecular weight is 218 g/mol. The number of carboxylic acid groups (broad SMARTS) is 1. The summed E-state index contributed by atoms with van der Waals surface area (Å²) in [6.07, 6.45) is 0.481. The zero-order chi connectivity index (χ0) is 11.8. The summed E-state index contributed by atoms with van der Waals surface area (Å²) in [5, 5.41) is 8.41. The molecular formula is C9H18N2O4. The van der Waals surface area contributed by atoms with Crippen LogP contribution >= 0.6 is 0 Å². The number of carbonyl (C=O) groups is 2. The maximum atomic E-state index is 11.5. The number of rotatable bonds is 7. The molecule has 0 aromatic rings. The summed E-state index contributed by atoms with van der Waals surface area (Å²) >= 11 is 0. The minimum absolute atomic E-state index is 0.0527. The highest BCUT2D eigenvalue weighted by molar-refractivity contribution is 5.81. The molecule has 0 aliphatic rings. The molecule has 1 unspecified atom stereocenters. The normalized spacial score (nSPS) is 12.2. The Hall–Kier alpha value is -1.14. The van der Waals surface area contributed by atoms with Crippen LogP contribution in [0, 0.1) is 0 Å². The molecule has 88 valence electrons. The number of carboxylic acids is 1. The molecule has 0 bridgehead atoms. The van der Waals surface area contributed by atoms with E-state index in [1.807, 2.05) is 0 Å². The molecule has 0 saturated carbocycles. The van der Waals surface area contributed by atoms with E-state index >= 15 is 0 Å². The van der Waals surface area contributed by atoms with Gasteiger partial charge in [0.25, 0.3) is 0 Å². The van der Waals surface area contributed by atoms with Crippen molar-refractivity contribution in [3.05, 3.63) is 0 Å². The average Bonchev–Trinajstić information content (AvgIpc) is 2.16. The summed E-state index contributed by atoms with van der Waals surface area (Å²) in [7, 11) is 3.07. The highest BCUT2D eigenvalue weighted by Gasteiger charge is 2.17. The number of ether oxygens (including phenoxy) is 1. The second-order valence-corrected chi connectivity index (χ2v) is 3.32. The zero-order valence-electron chi connectivity index (χ0n) is 9.10. The van der Waals surface area contributed by atoms with Gasteiger partial charge in [0.1, 0.15) is 6.04 Å². The predicted molar refractivity (Wildman–Crippen MR) is 54.4 cm³/mol. The number of likely N-dealkylation sites (N-methyl/N-ethyl adjacent to an activating group) is 1. The molecule has 1 amide bonds. The molecular weight excluding hydrogens is 200 g/mol. The Morgan fingerprint density at radius 1 is 1.53 bits per heavy atom. The smallest absolute Gasteiger partial charge is 0.303 e. The van der Waals surface area contributed by atoms with Gasteiger partial charge >= 0.3 is 5.97 Å². The number of methoxy groups -OCH3 is 1. The minimum Gasteiger partial charge on any atom is -0.481 e. The van der Waals surface area contributed by atoms with Crippen molar-refractivity contribution >= 4 is 11.9 Å². The standard InChI is InChI=1S/C9H18N2O4/c1-11(5-3-4-8(12)13)9(14)7(10)6-15-2/h7H,3-6,10H2,1-2H3,(H,12,13). The van der Waals surface area contributed by atoms with Crippen molar-refractivity contribution in [2.75, 3.05) is 27.3 Å². The SMILES string of the molecule is COCC(N)C(=O)N(C)CCCC(=O)O. The van der Waals surface area contributed by atoms with Crippen LogP contribution in [-0.4, -0.2) is 55.2 Å². The summed E-state index contributed by atoms with van der Waals surface area (Å²) < 4.78 is 4.75. The van der Waals surface area contributed by atoms with Crippen LogP contribution in [0.2, 0.25) is 0 Å². The van der Waals surface area contributed by atoms with Gasteiger partial charge in [0, 0.05) is 27.1 Å². The molecule has 0 aromatic heterocycles. The summed E-state index contributed by atoms with van der Waals surface area (Å²) in [6.45, 7) is 0.560. The number of nitrogens with two attached hydrogens (primary N) is 1. The van der Waals surface area contributed by atoms with Gasteiger partial charge in [-0.2, -0.15) is 0 Å². The fraction of sp³-hybridized carbons (Fsp3) is 0.778. The first-order valence-electron chi connectivity index (χ1n) is 4.70. The molecule has 0 spiro atoms. The predicted octanol–water partition coefficient (Wildman–Crippen LogP) is -0.717. The highest BCUT2D eigenvalue weighted by Crippen LogP contribution is 1.96. The first-order chi connectivity index (χ1) is 6.99. The third kappa shape index (κ3) is 6.03. The third-order valence-corrected chi connectivity index (χ3v) is 1.92. The molecule has 0 saturated heterocycles. The van der Waals surface area contributed by atoms with Gasteiger partial charge in [-0.05, 0) is 6.42 Å². The molecule has 3 N–H and O–H groups in total. The van der Waals surface area contributed by atoms with E-state index in [9.17, 15) is 9.59 Å². The van der Waals surface area contributed by atoms with Crippen molar-refractivity contribution < 1.29 is 19.4 Å². The third-order valence-electron chi connectivity index (χ3n) is 1.92. The molecule has 0 aliphatic heterocycles. The zero-order valence-corrected chi connectivity index (χ0v) is 9.10. The van der Waals surface area contributed by atoms with Gasteiger partial charge in [-0.1, -0.05) is 0 Å². The summed E-state index contributed by atoms with van der Waals surface area (Å²) in [5.74, 6) is -1.10. The largest absolute Gasteiger partial charge is 0.481 e. The monoisotopic (exact) mass is 218 g/mol. The van der Waals surface area contributed by atoms with Gasteiger partial charge in [0.15, 0.2) is 0 Å². The Labute approximate surface area is 89.0 Å². The van der Waals surface area contributed by atoms with Gasteiger partial charge in [-0.3, -0.25) is 9.59 Å². The van der Waals surface area contributed by atoms with Gasteiger partial charge in [-0.25, -0.2) is 0 Å². The Bertz CT molecular complexity index is 220. The van der Waals surface area contributed by atoms with E-state index in [4.69, 9.17) is 15.6 Å². The van der Waals surface area contributed by atoms with Crippen molar-refractivity contribution in [1.82, 2.24) is 4.90 Å². The van der Waals surface area contributed by atoms with E-state index < -0.39 is 12.0 Å². The Kier molecular flexibility index (Phi) is 6.64. The van der Waals surface area contributed by atoms with Crippen LogP contribution in [-0.2, 0) is 14.3 Å². The lowest BCUT2D eigenvalue weighted by Gasteiger charge is -2.20. The minimum atomic E-state index is -0.864. The fourth-order valence-electron chi connectivity index (χ4n) is 1.11. The van der Waals surface area contributed by atoms with Gasteiger partial charge in [0.05, 0.1) is 6.61 Å². The van der Waals surface area contributed by atoms with Crippen molar-refractivity contribution in [3.8, 4) is 0 Å². The molecule has 1 atom stereocenters.